The average Bonchev–Trinajstić information content (AvgIpc) is 2.73. The van der Waals surface area contributed by atoms with Gasteiger partial charge in [0, 0.05) is 24.6 Å². The number of allylic oxidation sites excluding steroid dienone is 2. The van der Waals surface area contributed by atoms with Crippen LogP contribution in [0, 0.1) is 28.6 Å². The molecule has 3 atom stereocenters. The van der Waals surface area contributed by atoms with Crippen molar-refractivity contribution in [2.75, 3.05) is 13.1 Å². The van der Waals surface area contributed by atoms with Crippen LogP contribution in [0.3, 0.4) is 0 Å². The fourth-order valence-corrected chi connectivity index (χ4v) is 2.31. The van der Waals surface area contributed by atoms with Crippen molar-refractivity contribution in [1.29, 1.82) is 10.5 Å². The van der Waals surface area contributed by atoms with E-state index in [9.17, 15) is 9.90 Å². The highest BCUT2D eigenvalue weighted by Gasteiger charge is 2.39. The van der Waals surface area contributed by atoms with Gasteiger partial charge < -0.3 is 15.7 Å². The molecule has 3 N–H and O–H groups in total. The first-order valence-corrected chi connectivity index (χ1v) is 5.99. The van der Waals surface area contributed by atoms with Crippen LogP contribution < -0.4 is 5.73 Å². The van der Waals surface area contributed by atoms with Gasteiger partial charge in [-0.15, -0.1) is 0 Å². The molecule has 1 fully saturated rings. The molecule has 2 aliphatic rings. The Hall–Kier alpha value is -2.15. The van der Waals surface area contributed by atoms with Gasteiger partial charge in [-0.1, -0.05) is 6.08 Å². The number of nitrogens with zero attached hydrogens (tertiary/aromatic N) is 3. The van der Waals surface area contributed by atoms with Gasteiger partial charge in [-0.3, -0.25) is 4.79 Å². The Labute approximate surface area is 111 Å². The first-order valence-electron chi connectivity index (χ1n) is 5.99. The minimum absolute atomic E-state index is 0.179. The van der Waals surface area contributed by atoms with E-state index >= 15 is 0 Å². The fourth-order valence-electron chi connectivity index (χ4n) is 2.31. The first kappa shape index (κ1) is 13.3. The molecule has 1 amide bonds. The number of aliphatic hydroxyl groups is 1. The molecule has 2 unspecified atom stereocenters. The van der Waals surface area contributed by atoms with E-state index in [2.05, 4.69) is 0 Å². The monoisotopic (exact) mass is 258 g/mol. The molecule has 0 spiro atoms. The van der Waals surface area contributed by atoms with Gasteiger partial charge in [0.15, 0.2) is 5.60 Å². The van der Waals surface area contributed by atoms with Crippen LogP contribution in [-0.2, 0) is 4.79 Å². The van der Waals surface area contributed by atoms with Gasteiger partial charge in [0.1, 0.15) is 6.07 Å². The summed E-state index contributed by atoms with van der Waals surface area (Å²) in [7, 11) is 0. The molecule has 6 nitrogen and oxygen atoms in total. The molecule has 98 valence electrons. The second-order valence-corrected chi connectivity index (χ2v) is 4.79. The van der Waals surface area contributed by atoms with Crippen LogP contribution in [0.4, 0.5) is 0 Å². The van der Waals surface area contributed by atoms with Gasteiger partial charge in [-0.2, -0.15) is 10.5 Å². The molecule has 0 radical (unpaired) electrons. The quantitative estimate of drug-likeness (QED) is 0.644. The second kappa shape index (κ2) is 4.85. The Morgan fingerprint density at radius 1 is 1.58 bits per heavy atom. The van der Waals surface area contributed by atoms with Crippen LogP contribution in [0.2, 0.25) is 0 Å². The molecular weight excluding hydrogens is 244 g/mol. The summed E-state index contributed by atoms with van der Waals surface area (Å²) in [5.41, 5.74) is 4.32. The zero-order chi connectivity index (χ0) is 14.0. The molecule has 1 aliphatic carbocycles. The summed E-state index contributed by atoms with van der Waals surface area (Å²) in [5, 5.41) is 28.1. The van der Waals surface area contributed by atoms with Gasteiger partial charge in [-0.25, -0.2) is 0 Å². The van der Waals surface area contributed by atoms with E-state index in [-0.39, 0.29) is 12.5 Å². The topological polar surface area (TPSA) is 114 Å². The minimum Gasteiger partial charge on any atom is -0.371 e. The number of hydrogen-bond acceptors (Lipinski definition) is 5. The van der Waals surface area contributed by atoms with Crippen LogP contribution in [0.15, 0.2) is 23.8 Å². The van der Waals surface area contributed by atoms with Crippen LogP contribution in [0.25, 0.3) is 0 Å². The highest BCUT2D eigenvalue weighted by atomic mass is 16.3. The molecule has 2 rings (SSSR count). The van der Waals surface area contributed by atoms with Crippen molar-refractivity contribution >= 4 is 5.91 Å². The van der Waals surface area contributed by atoms with Crippen molar-refractivity contribution in [2.45, 2.75) is 18.1 Å². The number of carbonyl (C=O) groups excluding carboxylic acids is 1. The van der Waals surface area contributed by atoms with Crippen molar-refractivity contribution in [2.24, 2.45) is 11.7 Å². The molecule has 0 aromatic carbocycles. The maximum atomic E-state index is 11.8. The second-order valence-electron chi connectivity index (χ2n) is 4.79. The lowest BCUT2D eigenvalue weighted by Crippen LogP contribution is -2.44. The summed E-state index contributed by atoms with van der Waals surface area (Å²) in [6, 6.07) is 3.28. The summed E-state index contributed by atoms with van der Waals surface area (Å²) in [6.07, 6.45) is 4.81. The van der Waals surface area contributed by atoms with Crippen LogP contribution >= 0.6 is 0 Å². The summed E-state index contributed by atoms with van der Waals surface area (Å²) in [5.74, 6) is -0.798. The van der Waals surface area contributed by atoms with E-state index in [0.717, 1.165) is 0 Å². The van der Waals surface area contributed by atoms with E-state index in [0.29, 0.717) is 18.5 Å². The van der Waals surface area contributed by atoms with Gasteiger partial charge in [0.05, 0.1) is 12.1 Å². The average molecular weight is 258 g/mol. The van der Waals surface area contributed by atoms with E-state index in [1.807, 2.05) is 12.1 Å². The molecule has 0 aromatic rings. The van der Waals surface area contributed by atoms with E-state index < -0.39 is 17.6 Å². The Bertz CT molecular complexity index is 540. The largest absolute Gasteiger partial charge is 0.371 e. The zero-order valence-corrected chi connectivity index (χ0v) is 10.3. The molecular formula is C13H14N4O2. The number of hydrogen-bond donors (Lipinski definition) is 2. The minimum atomic E-state index is -1.69. The van der Waals surface area contributed by atoms with Crippen molar-refractivity contribution in [1.82, 2.24) is 4.90 Å². The third-order valence-electron chi connectivity index (χ3n) is 3.53. The van der Waals surface area contributed by atoms with Crippen molar-refractivity contribution < 1.29 is 9.90 Å². The predicted molar refractivity (Wildman–Crippen MR) is 66.1 cm³/mol. The number of carbonyl (C=O) groups is 1. The van der Waals surface area contributed by atoms with Gasteiger partial charge in [-0.05, 0) is 18.6 Å². The number of nitrogens with two attached hydrogens (primary N) is 1. The first-order chi connectivity index (χ1) is 9.00. The Morgan fingerprint density at radius 3 is 2.84 bits per heavy atom. The summed E-state index contributed by atoms with van der Waals surface area (Å²) >= 11 is 0. The van der Waals surface area contributed by atoms with Crippen molar-refractivity contribution in [3.63, 3.8) is 0 Å². The SMILES string of the molecule is N#CC1=CC(CN2CC[C@H](N)C2=O)C(O)(C#N)C=C1. The molecule has 1 heterocycles. The third kappa shape index (κ3) is 2.37. The number of rotatable bonds is 2. The lowest BCUT2D eigenvalue weighted by molar-refractivity contribution is -0.129. The summed E-state index contributed by atoms with van der Waals surface area (Å²) < 4.78 is 0. The molecule has 0 saturated carbocycles. The zero-order valence-electron chi connectivity index (χ0n) is 10.3. The lowest BCUT2D eigenvalue weighted by Gasteiger charge is -2.31. The fraction of sp³-hybridized carbons (Fsp3) is 0.462. The standard InChI is InChI=1S/C13H14N4O2/c14-6-9-1-3-13(19,8-15)10(5-9)7-17-4-2-11(16)12(17)18/h1,3,5,10-11,19H,2,4,7,16H2/t10?,11-,13?/m0/s1. The van der Waals surface area contributed by atoms with Crippen LogP contribution in [-0.4, -0.2) is 40.6 Å². The Balaban J connectivity index is 2.20. The van der Waals surface area contributed by atoms with E-state index in [4.69, 9.17) is 16.3 Å². The smallest absolute Gasteiger partial charge is 0.239 e. The summed E-state index contributed by atoms with van der Waals surface area (Å²) in [4.78, 5) is 13.3. The normalized spacial score (nSPS) is 33.8. The number of amides is 1. The predicted octanol–water partition coefficient (Wildman–Crippen LogP) is -0.563. The van der Waals surface area contributed by atoms with Gasteiger partial charge >= 0.3 is 0 Å². The highest BCUT2D eigenvalue weighted by molar-refractivity contribution is 5.83. The van der Waals surface area contributed by atoms with Gasteiger partial charge in [0.2, 0.25) is 5.91 Å². The molecule has 6 heteroatoms. The Kier molecular flexibility index (Phi) is 3.39. The van der Waals surface area contributed by atoms with E-state index in [1.54, 1.807) is 0 Å². The molecule has 1 saturated heterocycles. The molecule has 0 aromatic heterocycles. The highest BCUT2D eigenvalue weighted by Crippen LogP contribution is 2.28. The van der Waals surface area contributed by atoms with Crippen LogP contribution in [0.1, 0.15) is 6.42 Å². The maximum absolute atomic E-state index is 11.8. The molecule has 19 heavy (non-hydrogen) atoms. The summed E-state index contributed by atoms with van der Waals surface area (Å²) in [6.45, 7) is 0.698. The van der Waals surface area contributed by atoms with E-state index in [1.165, 1.54) is 23.1 Å². The molecule has 1 aliphatic heterocycles. The maximum Gasteiger partial charge on any atom is 0.239 e. The number of nitriles is 2. The van der Waals surface area contributed by atoms with Gasteiger partial charge in [0.25, 0.3) is 0 Å². The Morgan fingerprint density at radius 2 is 2.32 bits per heavy atom. The third-order valence-corrected chi connectivity index (χ3v) is 3.53. The molecule has 0 bridgehead atoms. The van der Waals surface area contributed by atoms with Crippen LogP contribution in [0.5, 0.6) is 0 Å². The van der Waals surface area contributed by atoms with Crippen molar-refractivity contribution in [3.05, 3.63) is 23.8 Å². The lowest BCUT2D eigenvalue weighted by atomic mass is 9.82. The van der Waals surface area contributed by atoms with Crippen molar-refractivity contribution in [3.8, 4) is 12.1 Å². The number of likely N-dealkylation sites (tertiary alicyclic amines) is 1.